The number of benzene rings is 3. The van der Waals surface area contributed by atoms with Crippen LogP contribution in [-0.4, -0.2) is 35.9 Å². The molecule has 0 aliphatic rings. The van der Waals surface area contributed by atoms with E-state index < -0.39 is 6.04 Å². The predicted molar refractivity (Wildman–Crippen MR) is 140 cm³/mol. The molecular weight excluding hydrogens is 436 g/mol. The fraction of sp³-hybridized carbons (Fsp3) is 0.333. The van der Waals surface area contributed by atoms with Crippen molar-refractivity contribution in [3.05, 3.63) is 101 Å². The van der Waals surface area contributed by atoms with E-state index >= 15 is 0 Å². The van der Waals surface area contributed by atoms with Crippen LogP contribution in [0.25, 0.3) is 0 Å². The van der Waals surface area contributed by atoms with Crippen molar-refractivity contribution in [3.8, 4) is 5.75 Å². The summed E-state index contributed by atoms with van der Waals surface area (Å²) in [4.78, 5) is 29.1. The summed E-state index contributed by atoms with van der Waals surface area (Å²) in [5.74, 6) is 0.504. The molecule has 2 amide bonds. The number of rotatable bonds is 11. The third-order valence-corrected chi connectivity index (χ3v) is 6.36. The second-order valence-corrected chi connectivity index (χ2v) is 9.00. The van der Waals surface area contributed by atoms with Gasteiger partial charge in [0.05, 0.1) is 13.5 Å². The first kappa shape index (κ1) is 26.0. The summed E-state index contributed by atoms with van der Waals surface area (Å²) in [5, 5.41) is 3.11. The van der Waals surface area contributed by atoms with E-state index in [9.17, 15) is 9.59 Å². The van der Waals surface area contributed by atoms with Gasteiger partial charge in [-0.3, -0.25) is 9.59 Å². The molecule has 3 aromatic rings. The molecule has 2 atom stereocenters. The van der Waals surface area contributed by atoms with E-state index in [1.165, 1.54) is 0 Å². The Balaban J connectivity index is 1.99. The van der Waals surface area contributed by atoms with Gasteiger partial charge in [-0.25, -0.2) is 0 Å². The molecule has 0 spiro atoms. The Morgan fingerprint density at radius 1 is 0.943 bits per heavy atom. The molecule has 0 saturated heterocycles. The van der Waals surface area contributed by atoms with Crippen LogP contribution in [0.5, 0.6) is 5.75 Å². The molecule has 3 aromatic carbocycles. The first-order chi connectivity index (χ1) is 16.9. The molecule has 35 heavy (non-hydrogen) atoms. The lowest BCUT2D eigenvalue weighted by Crippen LogP contribution is -2.52. The molecule has 0 aliphatic heterocycles. The van der Waals surface area contributed by atoms with Gasteiger partial charge >= 0.3 is 0 Å². The van der Waals surface area contributed by atoms with E-state index in [4.69, 9.17) is 4.74 Å². The minimum Gasteiger partial charge on any atom is -0.497 e. The van der Waals surface area contributed by atoms with Crippen LogP contribution in [0, 0.1) is 6.92 Å². The normalized spacial score (nSPS) is 12.5. The van der Waals surface area contributed by atoms with Crippen LogP contribution >= 0.6 is 0 Å². The Labute approximate surface area is 209 Å². The maximum atomic E-state index is 13.8. The molecule has 0 radical (unpaired) electrons. The minimum atomic E-state index is -0.644. The van der Waals surface area contributed by atoms with Crippen LogP contribution in [0.1, 0.15) is 42.5 Å². The van der Waals surface area contributed by atoms with Gasteiger partial charge < -0.3 is 15.0 Å². The zero-order chi connectivity index (χ0) is 25.2. The van der Waals surface area contributed by atoms with Gasteiger partial charge in [0, 0.05) is 19.0 Å². The molecule has 1 N–H and O–H groups in total. The molecule has 5 heteroatoms. The van der Waals surface area contributed by atoms with Gasteiger partial charge in [0.2, 0.25) is 11.8 Å². The van der Waals surface area contributed by atoms with E-state index in [1.54, 1.807) is 12.0 Å². The second-order valence-electron chi connectivity index (χ2n) is 9.00. The van der Waals surface area contributed by atoms with Crippen molar-refractivity contribution in [1.82, 2.24) is 10.2 Å². The number of carbonyl (C=O) groups excluding carboxylic acids is 2. The maximum Gasteiger partial charge on any atom is 0.243 e. The lowest BCUT2D eigenvalue weighted by atomic mass is 10.00. The van der Waals surface area contributed by atoms with Gasteiger partial charge in [-0.1, -0.05) is 73.7 Å². The molecule has 184 valence electrons. The Kier molecular flexibility index (Phi) is 9.47. The molecule has 5 nitrogen and oxygen atoms in total. The summed E-state index contributed by atoms with van der Waals surface area (Å²) in [6.45, 7) is 6.34. The highest BCUT2D eigenvalue weighted by Crippen LogP contribution is 2.20. The second kappa shape index (κ2) is 12.7. The summed E-state index contributed by atoms with van der Waals surface area (Å²) >= 11 is 0. The van der Waals surface area contributed by atoms with Crippen molar-refractivity contribution < 1.29 is 14.3 Å². The van der Waals surface area contributed by atoms with Crippen LogP contribution in [0.15, 0.2) is 78.9 Å². The highest BCUT2D eigenvalue weighted by atomic mass is 16.5. The molecular formula is C30H36N2O3. The van der Waals surface area contributed by atoms with Crippen molar-refractivity contribution >= 4 is 11.8 Å². The Morgan fingerprint density at radius 2 is 1.63 bits per heavy atom. The van der Waals surface area contributed by atoms with Crippen LogP contribution < -0.4 is 10.1 Å². The van der Waals surface area contributed by atoms with Crippen LogP contribution in [-0.2, 0) is 29.0 Å². The molecule has 0 aliphatic carbocycles. The molecule has 0 bridgehead atoms. The highest BCUT2D eigenvalue weighted by Gasteiger charge is 2.31. The first-order valence-electron chi connectivity index (χ1n) is 12.2. The van der Waals surface area contributed by atoms with Gasteiger partial charge in [0.1, 0.15) is 11.8 Å². The van der Waals surface area contributed by atoms with Gasteiger partial charge in [-0.05, 0) is 54.7 Å². The molecule has 0 saturated carbocycles. The first-order valence-corrected chi connectivity index (χ1v) is 12.2. The number of amides is 2. The Bertz CT molecular complexity index is 1110. The van der Waals surface area contributed by atoms with Crippen molar-refractivity contribution in [2.24, 2.45) is 0 Å². The summed E-state index contributed by atoms with van der Waals surface area (Å²) in [6.07, 6.45) is 1.49. The molecule has 0 aromatic heterocycles. The van der Waals surface area contributed by atoms with Gasteiger partial charge in [-0.15, -0.1) is 0 Å². The van der Waals surface area contributed by atoms with Crippen LogP contribution in [0.2, 0.25) is 0 Å². The number of aryl methyl sites for hydroxylation is 1. The predicted octanol–water partition coefficient (Wildman–Crippen LogP) is 5.10. The third-order valence-electron chi connectivity index (χ3n) is 6.36. The number of hydrogen-bond donors (Lipinski definition) is 1. The highest BCUT2D eigenvalue weighted by molar-refractivity contribution is 5.89. The number of methoxy groups -OCH3 is 1. The van der Waals surface area contributed by atoms with E-state index in [-0.39, 0.29) is 24.3 Å². The summed E-state index contributed by atoms with van der Waals surface area (Å²) in [7, 11) is 1.62. The lowest BCUT2D eigenvalue weighted by Gasteiger charge is -2.32. The van der Waals surface area contributed by atoms with E-state index in [0.29, 0.717) is 13.0 Å². The third kappa shape index (κ3) is 7.44. The topological polar surface area (TPSA) is 58.6 Å². The van der Waals surface area contributed by atoms with E-state index in [2.05, 4.69) is 5.32 Å². The Morgan fingerprint density at radius 3 is 2.31 bits per heavy atom. The zero-order valence-corrected chi connectivity index (χ0v) is 21.2. The fourth-order valence-electron chi connectivity index (χ4n) is 4.04. The van der Waals surface area contributed by atoms with Crippen LogP contribution in [0.4, 0.5) is 0 Å². The van der Waals surface area contributed by atoms with Crippen LogP contribution in [0.3, 0.4) is 0 Å². The fourth-order valence-corrected chi connectivity index (χ4v) is 4.04. The molecule has 0 fully saturated rings. The van der Waals surface area contributed by atoms with Gasteiger partial charge in [0.15, 0.2) is 0 Å². The van der Waals surface area contributed by atoms with Crippen molar-refractivity contribution in [2.75, 3.05) is 7.11 Å². The summed E-state index contributed by atoms with van der Waals surface area (Å²) in [6, 6.07) is 24.8. The lowest BCUT2D eigenvalue weighted by molar-refractivity contribution is -0.141. The zero-order valence-electron chi connectivity index (χ0n) is 21.2. The smallest absolute Gasteiger partial charge is 0.243 e. The monoisotopic (exact) mass is 472 g/mol. The van der Waals surface area contributed by atoms with Crippen molar-refractivity contribution in [1.29, 1.82) is 0 Å². The standard InChI is InChI=1S/C30H36N2O3/c1-5-23(3)31-30(34)28(19-24-13-7-6-8-14-24)32(21-25-15-11-17-27(18-25)35-4)29(33)20-26-16-10-9-12-22(26)2/h6-18,23,28H,5,19-21H2,1-4H3,(H,31,34)/t23-,28+/m1/s1. The summed E-state index contributed by atoms with van der Waals surface area (Å²) in [5.41, 5.74) is 3.95. The molecule has 0 heterocycles. The van der Waals surface area contributed by atoms with Gasteiger partial charge in [0.25, 0.3) is 0 Å². The number of nitrogens with one attached hydrogen (secondary N) is 1. The quantitative estimate of drug-likeness (QED) is 0.422. The molecule has 0 unspecified atom stereocenters. The van der Waals surface area contributed by atoms with Gasteiger partial charge in [-0.2, -0.15) is 0 Å². The van der Waals surface area contributed by atoms with E-state index in [1.807, 2.05) is 99.6 Å². The number of nitrogens with zero attached hydrogens (tertiary/aromatic N) is 1. The van der Waals surface area contributed by atoms with Crippen molar-refractivity contribution in [3.63, 3.8) is 0 Å². The summed E-state index contributed by atoms with van der Waals surface area (Å²) < 4.78 is 5.40. The largest absolute Gasteiger partial charge is 0.497 e. The Hall–Kier alpha value is -3.60. The molecule has 3 rings (SSSR count). The SMILES string of the molecule is CC[C@@H](C)NC(=O)[C@H](Cc1ccccc1)N(Cc1cccc(OC)c1)C(=O)Cc1ccccc1C. The maximum absolute atomic E-state index is 13.8. The number of carbonyl (C=O) groups is 2. The average Bonchev–Trinajstić information content (AvgIpc) is 2.88. The average molecular weight is 473 g/mol. The minimum absolute atomic E-state index is 0.0194. The van der Waals surface area contributed by atoms with E-state index in [0.717, 1.165) is 34.4 Å². The number of hydrogen-bond acceptors (Lipinski definition) is 3. The number of ether oxygens (including phenoxy) is 1. The van der Waals surface area contributed by atoms with Crippen molar-refractivity contribution in [2.45, 2.75) is 58.7 Å².